The molecular weight excluding hydrogens is 400 g/mol. The molecule has 9 heteroatoms. The SMILES string of the molecule is CCCCCCNC(=O)NCc1ccc2c(c1)C(=O)N([C@@]1(C)CCC(=O)NC1=O)C2=O. The van der Waals surface area contributed by atoms with Crippen LogP contribution in [0.3, 0.4) is 0 Å². The molecule has 0 aromatic heterocycles. The van der Waals surface area contributed by atoms with E-state index in [1.165, 1.54) is 13.0 Å². The van der Waals surface area contributed by atoms with Gasteiger partial charge in [-0.15, -0.1) is 0 Å². The molecule has 1 fully saturated rings. The summed E-state index contributed by atoms with van der Waals surface area (Å²) in [5.74, 6) is -2.21. The Bertz CT molecular complexity index is 928. The molecule has 2 aliphatic heterocycles. The fourth-order valence-electron chi connectivity index (χ4n) is 3.85. The van der Waals surface area contributed by atoms with Crippen molar-refractivity contribution in [1.29, 1.82) is 0 Å². The lowest BCUT2D eigenvalue weighted by Crippen LogP contribution is -2.62. The molecule has 0 aliphatic carbocycles. The van der Waals surface area contributed by atoms with Gasteiger partial charge >= 0.3 is 6.03 Å². The molecule has 0 saturated carbocycles. The summed E-state index contributed by atoms with van der Waals surface area (Å²) in [5.41, 5.74) is -0.358. The van der Waals surface area contributed by atoms with Crippen molar-refractivity contribution in [3.63, 3.8) is 0 Å². The molecule has 1 aromatic carbocycles. The van der Waals surface area contributed by atoms with Crippen LogP contribution >= 0.6 is 0 Å². The predicted molar refractivity (Wildman–Crippen MR) is 112 cm³/mol. The summed E-state index contributed by atoms with van der Waals surface area (Å²) in [6.07, 6.45) is 4.39. The van der Waals surface area contributed by atoms with Gasteiger partial charge in [-0.3, -0.25) is 29.4 Å². The third kappa shape index (κ3) is 4.60. The smallest absolute Gasteiger partial charge is 0.315 e. The lowest BCUT2D eigenvalue weighted by atomic mass is 9.89. The molecule has 9 nitrogen and oxygen atoms in total. The highest BCUT2D eigenvalue weighted by Crippen LogP contribution is 2.34. The zero-order valence-electron chi connectivity index (χ0n) is 17.9. The van der Waals surface area contributed by atoms with E-state index in [-0.39, 0.29) is 36.5 Å². The molecular formula is C22H28N4O5. The number of fused-ring (bicyclic) bond motifs is 1. The van der Waals surface area contributed by atoms with Crippen molar-refractivity contribution in [1.82, 2.24) is 20.9 Å². The van der Waals surface area contributed by atoms with Gasteiger partial charge in [-0.05, 0) is 37.5 Å². The molecule has 166 valence electrons. The zero-order valence-corrected chi connectivity index (χ0v) is 17.9. The van der Waals surface area contributed by atoms with Gasteiger partial charge in [-0.2, -0.15) is 0 Å². The van der Waals surface area contributed by atoms with Crippen molar-refractivity contribution < 1.29 is 24.0 Å². The van der Waals surface area contributed by atoms with Gasteiger partial charge in [-0.25, -0.2) is 4.79 Å². The van der Waals surface area contributed by atoms with Crippen LogP contribution in [-0.4, -0.2) is 46.6 Å². The Labute approximate surface area is 180 Å². The number of carbonyl (C=O) groups is 5. The number of amides is 6. The van der Waals surface area contributed by atoms with Crippen molar-refractivity contribution in [2.24, 2.45) is 0 Å². The molecule has 2 heterocycles. The number of imide groups is 2. The first kappa shape index (κ1) is 22.5. The van der Waals surface area contributed by atoms with Crippen molar-refractivity contribution in [2.45, 2.75) is 64.5 Å². The molecule has 1 aromatic rings. The van der Waals surface area contributed by atoms with Gasteiger partial charge in [0.1, 0.15) is 5.54 Å². The maximum Gasteiger partial charge on any atom is 0.315 e. The number of urea groups is 1. The molecule has 0 bridgehead atoms. The van der Waals surface area contributed by atoms with E-state index in [9.17, 15) is 24.0 Å². The number of nitrogens with zero attached hydrogens (tertiary/aromatic N) is 1. The molecule has 1 atom stereocenters. The summed E-state index contributed by atoms with van der Waals surface area (Å²) in [6, 6.07) is 4.47. The number of hydrogen-bond acceptors (Lipinski definition) is 5. The monoisotopic (exact) mass is 428 g/mol. The highest BCUT2D eigenvalue weighted by atomic mass is 16.2. The van der Waals surface area contributed by atoms with E-state index in [4.69, 9.17) is 0 Å². The van der Waals surface area contributed by atoms with Crippen LogP contribution in [-0.2, 0) is 16.1 Å². The van der Waals surface area contributed by atoms with Crippen LogP contribution in [0.2, 0.25) is 0 Å². The molecule has 3 rings (SSSR count). The Morgan fingerprint density at radius 1 is 1.06 bits per heavy atom. The summed E-state index contributed by atoms with van der Waals surface area (Å²) in [7, 11) is 0. The van der Waals surface area contributed by atoms with E-state index in [1.54, 1.807) is 12.1 Å². The summed E-state index contributed by atoms with van der Waals surface area (Å²) in [5, 5.41) is 7.74. The van der Waals surface area contributed by atoms with E-state index in [0.29, 0.717) is 12.1 Å². The molecule has 0 unspecified atom stereocenters. The maximum absolute atomic E-state index is 13.0. The Hall–Kier alpha value is -3.23. The van der Waals surface area contributed by atoms with Crippen molar-refractivity contribution >= 4 is 29.7 Å². The van der Waals surface area contributed by atoms with Crippen molar-refractivity contribution in [2.75, 3.05) is 6.54 Å². The van der Waals surface area contributed by atoms with Gasteiger partial charge < -0.3 is 10.6 Å². The van der Waals surface area contributed by atoms with E-state index in [2.05, 4.69) is 22.9 Å². The summed E-state index contributed by atoms with van der Waals surface area (Å²) in [6.45, 7) is 4.41. The van der Waals surface area contributed by atoms with Crippen LogP contribution in [0.1, 0.15) is 78.7 Å². The standard InChI is InChI=1S/C22H28N4O5/c1-3-4-5-6-11-23-21(31)24-13-14-7-8-15-16(12-14)19(29)26(18(15)28)22(2)10-9-17(27)25-20(22)30/h7-8,12H,3-6,9-11,13H2,1-2H3,(H2,23,24,31)(H,25,27,30)/t22-/m0/s1. The Morgan fingerprint density at radius 2 is 1.81 bits per heavy atom. The fraction of sp³-hybridized carbons (Fsp3) is 0.500. The lowest BCUT2D eigenvalue weighted by Gasteiger charge is -2.38. The second kappa shape index (κ2) is 9.28. The third-order valence-corrected chi connectivity index (χ3v) is 5.79. The lowest BCUT2D eigenvalue weighted by molar-refractivity contribution is -0.140. The highest BCUT2D eigenvalue weighted by Gasteiger charge is 2.52. The topological polar surface area (TPSA) is 125 Å². The molecule has 31 heavy (non-hydrogen) atoms. The van der Waals surface area contributed by atoms with Crippen molar-refractivity contribution in [3.05, 3.63) is 34.9 Å². The minimum Gasteiger partial charge on any atom is -0.338 e. The average Bonchev–Trinajstić information content (AvgIpc) is 2.99. The average molecular weight is 428 g/mol. The summed E-state index contributed by atoms with van der Waals surface area (Å²) in [4.78, 5) is 62.6. The first-order valence-electron chi connectivity index (χ1n) is 10.7. The van der Waals surface area contributed by atoms with E-state index < -0.39 is 29.2 Å². The van der Waals surface area contributed by atoms with E-state index >= 15 is 0 Å². The molecule has 0 radical (unpaired) electrons. The van der Waals surface area contributed by atoms with Crippen LogP contribution in [0.25, 0.3) is 0 Å². The number of unbranched alkanes of at least 4 members (excludes halogenated alkanes) is 3. The number of hydrogen-bond donors (Lipinski definition) is 3. The Kier molecular flexibility index (Phi) is 6.72. The minimum atomic E-state index is -1.42. The Balaban J connectivity index is 1.64. The molecule has 3 N–H and O–H groups in total. The van der Waals surface area contributed by atoms with Crippen LogP contribution < -0.4 is 16.0 Å². The minimum absolute atomic E-state index is 0.0539. The molecule has 1 saturated heterocycles. The maximum atomic E-state index is 13.0. The molecule has 2 aliphatic rings. The van der Waals surface area contributed by atoms with Gasteiger partial charge in [-0.1, -0.05) is 32.3 Å². The fourth-order valence-corrected chi connectivity index (χ4v) is 3.85. The number of benzene rings is 1. The second-order valence-corrected chi connectivity index (χ2v) is 8.15. The van der Waals surface area contributed by atoms with Gasteiger partial charge in [0.15, 0.2) is 0 Å². The van der Waals surface area contributed by atoms with Crippen LogP contribution in [0.15, 0.2) is 18.2 Å². The predicted octanol–water partition coefficient (Wildman–Crippen LogP) is 1.86. The Morgan fingerprint density at radius 3 is 2.52 bits per heavy atom. The van der Waals surface area contributed by atoms with Crippen LogP contribution in [0.5, 0.6) is 0 Å². The van der Waals surface area contributed by atoms with E-state index in [0.717, 1.165) is 30.6 Å². The molecule has 6 amide bonds. The van der Waals surface area contributed by atoms with Gasteiger partial charge in [0, 0.05) is 19.5 Å². The third-order valence-electron chi connectivity index (χ3n) is 5.79. The van der Waals surface area contributed by atoms with Gasteiger partial charge in [0.05, 0.1) is 11.1 Å². The van der Waals surface area contributed by atoms with Gasteiger partial charge in [0.25, 0.3) is 17.7 Å². The largest absolute Gasteiger partial charge is 0.338 e. The highest BCUT2D eigenvalue weighted by molar-refractivity contribution is 6.24. The van der Waals surface area contributed by atoms with Crippen molar-refractivity contribution in [3.8, 4) is 0 Å². The number of piperidine rings is 1. The first-order valence-corrected chi connectivity index (χ1v) is 10.7. The summed E-state index contributed by atoms with van der Waals surface area (Å²) >= 11 is 0. The number of rotatable bonds is 8. The zero-order chi connectivity index (χ0) is 22.6. The molecule has 0 spiro atoms. The van der Waals surface area contributed by atoms with Crippen LogP contribution in [0.4, 0.5) is 4.79 Å². The van der Waals surface area contributed by atoms with Crippen LogP contribution in [0, 0.1) is 0 Å². The number of carbonyl (C=O) groups excluding carboxylic acids is 5. The second-order valence-electron chi connectivity index (χ2n) is 8.15. The quantitative estimate of drug-likeness (QED) is 0.431. The van der Waals surface area contributed by atoms with E-state index in [1.807, 2.05) is 0 Å². The summed E-state index contributed by atoms with van der Waals surface area (Å²) < 4.78 is 0. The van der Waals surface area contributed by atoms with Gasteiger partial charge in [0.2, 0.25) is 5.91 Å². The number of nitrogens with one attached hydrogen (secondary N) is 3. The normalized spacial score (nSPS) is 20.5. The first-order chi connectivity index (χ1) is 14.8.